The fourth-order valence-corrected chi connectivity index (χ4v) is 1.55. The van der Waals surface area contributed by atoms with E-state index >= 15 is 0 Å². The van der Waals surface area contributed by atoms with Crippen molar-refractivity contribution in [1.29, 1.82) is 0 Å². The number of carbonyl (C=O) groups is 1. The van der Waals surface area contributed by atoms with Crippen molar-refractivity contribution < 1.29 is 9.53 Å². The van der Waals surface area contributed by atoms with Crippen LogP contribution in [0.15, 0.2) is 0 Å². The first-order chi connectivity index (χ1) is 8.45. The lowest BCUT2D eigenvalue weighted by Gasteiger charge is -2.19. The molecule has 1 amide bonds. The van der Waals surface area contributed by atoms with Gasteiger partial charge in [-0.1, -0.05) is 32.6 Å². The molecule has 0 saturated carbocycles. The Bertz CT molecular complexity index is 212. The Kier molecular flexibility index (Phi) is 9.74. The van der Waals surface area contributed by atoms with Gasteiger partial charge in [0, 0.05) is 13.1 Å². The molecular weight excluding hydrogens is 228 g/mol. The van der Waals surface area contributed by atoms with Gasteiger partial charge in [0.15, 0.2) is 0 Å². The summed E-state index contributed by atoms with van der Waals surface area (Å²) < 4.78 is 5.13. The summed E-state index contributed by atoms with van der Waals surface area (Å²) in [7, 11) is 0. The number of carbonyl (C=O) groups excluding carboxylic acids is 1. The van der Waals surface area contributed by atoms with E-state index in [-0.39, 0.29) is 6.09 Å². The Hall–Kier alpha value is -0.770. The van der Waals surface area contributed by atoms with E-state index in [1.807, 2.05) is 20.8 Å². The summed E-state index contributed by atoms with van der Waals surface area (Å²) in [5.41, 5.74) is -0.420. The van der Waals surface area contributed by atoms with E-state index in [0.717, 1.165) is 13.1 Å². The van der Waals surface area contributed by atoms with E-state index in [4.69, 9.17) is 4.74 Å². The molecule has 0 aliphatic carbocycles. The average molecular weight is 258 g/mol. The summed E-state index contributed by atoms with van der Waals surface area (Å²) in [4.78, 5) is 11.3. The van der Waals surface area contributed by atoms with Crippen LogP contribution >= 0.6 is 0 Å². The van der Waals surface area contributed by atoms with E-state index < -0.39 is 5.60 Å². The Morgan fingerprint density at radius 3 is 2.28 bits per heavy atom. The van der Waals surface area contributed by atoms with Crippen molar-refractivity contribution in [2.24, 2.45) is 0 Å². The van der Waals surface area contributed by atoms with Crippen molar-refractivity contribution in [1.82, 2.24) is 10.6 Å². The Morgan fingerprint density at radius 1 is 1.00 bits per heavy atom. The third kappa shape index (κ3) is 13.3. The number of nitrogens with one attached hydrogen (secondary N) is 2. The SMILES string of the molecule is CCCCCCCNCCNC(=O)OC(C)(C)C. The lowest BCUT2D eigenvalue weighted by Crippen LogP contribution is -2.36. The molecule has 0 heterocycles. The van der Waals surface area contributed by atoms with Crippen LogP contribution in [-0.2, 0) is 4.74 Å². The van der Waals surface area contributed by atoms with Crippen LogP contribution < -0.4 is 10.6 Å². The molecule has 4 heteroatoms. The van der Waals surface area contributed by atoms with Crippen LogP contribution in [0, 0.1) is 0 Å². The smallest absolute Gasteiger partial charge is 0.407 e. The molecule has 18 heavy (non-hydrogen) atoms. The number of hydrogen-bond acceptors (Lipinski definition) is 3. The summed E-state index contributed by atoms with van der Waals surface area (Å²) in [6, 6.07) is 0. The van der Waals surface area contributed by atoms with Gasteiger partial charge in [0.1, 0.15) is 5.60 Å². The molecule has 0 radical (unpaired) electrons. The third-order valence-electron chi connectivity index (χ3n) is 2.43. The molecule has 0 atom stereocenters. The zero-order chi connectivity index (χ0) is 13.9. The minimum Gasteiger partial charge on any atom is -0.444 e. The molecule has 0 aromatic heterocycles. The average Bonchev–Trinajstić information content (AvgIpc) is 2.24. The van der Waals surface area contributed by atoms with Crippen molar-refractivity contribution in [3.8, 4) is 0 Å². The van der Waals surface area contributed by atoms with E-state index in [9.17, 15) is 4.79 Å². The van der Waals surface area contributed by atoms with Gasteiger partial charge in [-0.05, 0) is 33.7 Å². The normalized spacial score (nSPS) is 11.3. The third-order valence-corrected chi connectivity index (χ3v) is 2.43. The second-order valence-electron chi connectivity index (χ2n) is 5.59. The summed E-state index contributed by atoms with van der Waals surface area (Å²) in [6.45, 7) is 10.3. The molecule has 0 rings (SSSR count). The van der Waals surface area contributed by atoms with Crippen LogP contribution in [0.25, 0.3) is 0 Å². The summed E-state index contributed by atoms with van der Waals surface area (Å²) >= 11 is 0. The maximum Gasteiger partial charge on any atom is 0.407 e. The van der Waals surface area contributed by atoms with Gasteiger partial charge in [-0.25, -0.2) is 4.79 Å². The van der Waals surface area contributed by atoms with E-state index in [1.54, 1.807) is 0 Å². The van der Waals surface area contributed by atoms with Crippen molar-refractivity contribution in [2.75, 3.05) is 19.6 Å². The van der Waals surface area contributed by atoms with Crippen molar-refractivity contribution >= 4 is 6.09 Å². The Morgan fingerprint density at radius 2 is 1.67 bits per heavy atom. The van der Waals surface area contributed by atoms with Crippen molar-refractivity contribution in [3.63, 3.8) is 0 Å². The lowest BCUT2D eigenvalue weighted by molar-refractivity contribution is 0.0528. The fraction of sp³-hybridized carbons (Fsp3) is 0.929. The minimum atomic E-state index is -0.420. The molecule has 0 saturated heterocycles. The van der Waals surface area contributed by atoms with Crippen LogP contribution in [0.2, 0.25) is 0 Å². The van der Waals surface area contributed by atoms with Gasteiger partial charge < -0.3 is 15.4 Å². The molecule has 0 fully saturated rings. The van der Waals surface area contributed by atoms with Crippen molar-refractivity contribution in [2.45, 2.75) is 65.4 Å². The second-order valence-corrected chi connectivity index (χ2v) is 5.59. The molecule has 0 aromatic rings. The Balaban J connectivity index is 3.23. The highest BCUT2D eigenvalue weighted by atomic mass is 16.6. The predicted molar refractivity (Wildman–Crippen MR) is 75.9 cm³/mol. The fourth-order valence-electron chi connectivity index (χ4n) is 1.55. The van der Waals surface area contributed by atoms with Gasteiger partial charge >= 0.3 is 6.09 Å². The van der Waals surface area contributed by atoms with Gasteiger partial charge in [-0.15, -0.1) is 0 Å². The molecule has 0 bridgehead atoms. The van der Waals surface area contributed by atoms with Gasteiger partial charge in [0.25, 0.3) is 0 Å². The highest BCUT2D eigenvalue weighted by Crippen LogP contribution is 2.06. The molecule has 0 spiro atoms. The van der Waals surface area contributed by atoms with E-state index in [0.29, 0.717) is 6.54 Å². The van der Waals surface area contributed by atoms with Crippen LogP contribution in [0.1, 0.15) is 59.8 Å². The second kappa shape index (κ2) is 10.2. The monoisotopic (exact) mass is 258 g/mol. The molecule has 108 valence electrons. The molecular formula is C14H30N2O2. The first-order valence-corrected chi connectivity index (χ1v) is 7.13. The summed E-state index contributed by atoms with van der Waals surface area (Å²) in [5, 5.41) is 6.04. The maximum absolute atomic E-state index is 11.3. The topological polar surface area (TPSA) is 50.4 Å². The summed E-state index contributed by atoms with van der Waals surface area (Å²) in [5.74, 6) is 0. The van der Waals surface area contributed by atoms with Gasteiger partial charge in [0.2, 0.25) is 0 Å². The summed E-state index contributed by atoms with van der Waals surface area (Å²) in [6.07, 6.45) is 6.11. The minimum absolute atomic E-state index is 0.341. The van der Waals surface area contributed by atoms with Crippen molar-refractivity contribution in [3.05, 3.63) is 0 Å². The molecule has 2 N–H and O–H groups in total. The number of amides is 1. The van der Waals surface area contributed by atoms with Gasteiger partial charge in [0.05, 0.1) is 0 Å². The van der Waals surface area contributed by atoms with Crippen LogP contribution in [0.4, 0.5) is 4.79 Å². The van der Waals surface area contributed by atoms with Crippen LogP contribution in [-0.4, -0.2) is 31.3 Å². The molecule has 0 aromatic carbocycles. The van der Waals surface area contributed by atoms with Crippen LogP contribution in [0.5, 0.6) is 0 Å². The molecule has 0 unspecified atom stereocenters. The first kappa shape index (κ1) is 17.2. The highest BCUT2D eigenvalue weighted by molar-refractivity contribution is 5.67. The van der Waals surface area contributed by atoms with E-state index in [2.05, 4.69) is 17.6 Å². The zero-order valence-corrected chi connectivity index (χ0v) is 12.5. The molecule has 4 nitrogen and oxygen atoms in total. The first-order valence-electron chi connectivity index (χ1n) is 7.13. The lowest BCUT2D eigenvalue weighted by atomic mass is 10.1. The standard InChI is InChI=1S/C14H30N2O2/c1-5-6-7-8-9-10-15-11-12-16-13(17)18-14(2,3)4/h15H,5-12H2,1-4H3,(H,16,17). The molecule has 0 aliphatic heterocycles. The molecule has 0 aliphatic rings. The number of rotatable bonds is 9. The van der Waals surface area contributed by atoms with Crippen LogP contribution in [0.3, 0.4) is 0 Å². The highest BCUT2D eigenvalue weighted by Gasteiger charge is 2.15. The zero-order valence-electron chi connectivity index (χ0n) is 12.5. The van der Waals surface area contributed by atoms with Gasteiger partial charge in [-0.3, -0.25) is 0 Å². The number of hydrogen-bond donors (Lipinski definition) is 2. The van der Waals surface area contributed by atoms with E-state index in [1.165, 1.54) is 32.1 Å². The maximum atomic E-state index is 11.3. The number of ether oxygens (including phenoxy) is 1. The number of unbranched alkanes of at least 4 members (excludes halogenated alkanes) is 4. The predicted octanol–water partition coefficient (Wildman–Crippen LogP) is 3.07. The quantitative estimate of drug-likeness (QED) is 0.625. The Labute approximate surface area is 112 Å². The largest absolute Gasteiger partial charge is 0.444 e. The number of alkyl carbamates (subject to hydrolysis) is 1. The van der Waals surface area contributed by atoms with Gasteiger partial charge in [-0.2, -0.15) is 0 Å².